The second-order valence-electron chi connectivity index (χ2n) is 3.32. The summed E-state index contributed by atoms with van der Waals surface area (Å²) in [5.41, 5.74) is 5.85. The van der Waals surface area contributed by atoms with Crippen LogP contribution in [0.15, 0.2) is 29.4 Å². The number of fused-ring (bicyclic) bond motifs is 1. The van der Waals surface area contributed by atoms with Gasteiger partial charge in [0.25, 0.3) is 0 Å². The molecule has 1 N–H and O–H groups in total. The zero-order chi connectivity index (χ0) is 9.80. The van der Waals surface area contributed by atoms with Crippen molar-refractivity contribution in [1.82, 2.24) is 5.43 Å². The lowest BCUT2D eigenvalue weighted by molar-refractivity contribution is -0.109. The summed E-state index contributed by atoms with van der Waals surface area (Å²) >= 11 is 0. The first kappa shape index (κ1) is 8.94. The Morgan fingerprint density at radius 1 is 1.29 bits per heavy atom. The van der Waals surface area contributed by atoms with Crippen molar-refractivity contribution in [2.45, 2.75) is 19.3 Å². The maximum atomic E-state index is 10.1. The van der Waals surface area contributed by atoms with Gasteiger partial charge in [0, 0.05) is 5.56 Å². The summed E-state index contributed by atoms with van der Waals surface area (Å²) in [6.07, 6.45) is 3.76. The van der Waals surface area contributed by atoms with Crippen LogP contribution in [0.2, 0.25) is 0 Å². The maximum absolute atomic E-state index is 10.1. The van der Waals surface area contributed by atoms with E-state index in [1.54, 1.807) is 0 Å². The van der Waals surface area contributed by atoms with E-state index in [4.69, 9.17) is 0 Å². The summed E-state index contributed by atoms with van der Waals surface area (Å²) in [5, 5.41) is 4.04. The number of benzene rings is 1. The van der Waals surface area contributed by atoms with Crippen molar-refractivity contribution >= 4 is 12.1 Å². The molecule has 2 rings (SSSR count). The van der Waals surface area contributed by atoms with Crippen molar-refractivity contribution in [2.24, 2.45) is 5.10 Å². The van der Waals surface area contributed by atoms with E-state index in [9.17, 15) is 4.79 Å². The van der Waals surface area contributed by atoms with Crippen molar-refractivity contribution < 1.29 is 4.79 Å². The average Bonchev–Trinajstić information content (AvgIpc) is 2.26. The van der Waals surface area contributed by atoms with Crippen molar-refractivity contribution in [2.75, 3.05) is 0 Å². The average molecular weight is 188 g/mol. The fourth-order valence-corrected chi connectivity index (χ4v) is 1.82. The minimum Gasteiger partial charge on any atom is -0.277 e. The molecular formula is C11H12N2O. The Labute approximate surface area is 82.8 Å². The van der Waals surface area contributed by atoms with E-state index in [0.29, 0.717) is 6.41 Å². The molecule has 0 spiro atoms. The smallest absolute Gasteiger partial charge is 0.227 e. The lowest BCUT2D eigenvalue weighted by Crippen LogP contribution is -2.15. The number of carbonyl (C=O) groups is 1. The van der Waals surface area contributed by atoms with Gasteiger partial charge in [-0.15, -0.1) is 0 Å². The summed E-state index contributed by atoms with van der Waals surface area (Å²) in [5.74, 6) is 0. The van der Waals surface area contributed by atoms with Crippen LogP contribution in [0.1, 0.15) is 24.0 Å². The molecule has 0 heterocycles. The number of carbonyl (C=O) groups excluding carboxylic acids is 1. The maximum Gasteiger partial charge on any atom is 0.227 e. The second kappa shape index (κ2) is 4.05. The number of hydrazone groups is 1. The van der Waals surface area contributed by atoms with Crippen LogP contribution in [0, 0.1) is 0 Å². The summed E-state index contributed by atoms with van der Waals surface area (Å²) in [7, 11) is 0. The van der Waals surface area contributed by atoms with E-state index in [2.05, 4.69) is 22.7 Å². The quantitative estimate of drug-likeness (QED) is 0.554. The Balaban J connectivity index is 2.35. The highest BCUT2D eigenvalue weighted by Crippen LogP contribution is 2.20. The molecule has 0 fully saturated rings. The zero-order valence-electron chi connectivity index (χ0n) is 7.86. The molecule has 1 aliphatic carbocycles. The van der Waals surface area contributed by atoms with Crippen LogP contribution in [0.3, 0.4) is 0 Å². The molecule has 1 amide bonds. The molecule has 72 valence electrons. The van der Waals surface area contributed by atoms with Crippen molar-refractivity contribution in [3.63, 3.8) is 0 Å². The third-order valence-electron chi connectivity index (χ3n) is 2.44. The number of amides is 1. The highest BCUT2D eigenvalue weighted by Gasteiger charge is 2.14. The van der Waals surface area contributed by atoms with E-state index < -0.39 is 0 Å². The first-order valence-corrected chi connectivity index (χ1v) is 4.76. The molecule has 3 nitrogen and oxygen atoms in total. The molecule has 1 aromatic carbocycles. The molecule has 14 heavy (non-hydrogen) atoms. The molecule has 0 aromatic heterocycles. The van der Waals surface area contributed by atoms with Gasteiger partial charge in [-0.05, 0) is 24.8 Å². The molecule has 1 aromatic rings. The van der Waals surface area contributed by atoms with Crippen molar-refractivity contribution in [1.29, 1.82) is 0 Å². The lowest BCUT2D eigenvalue weighted by Gasteiger charge is -2.16. The van der Waals surface area contributed by atoms with Crippen LogP contribution in [-0.4, -0.2) is 12.1 Å². The van der Waals surface area contributed by atoms with Crippen LogP contribution in [0.4, 0.5) is 0 Å². The fraction of sp³-hybridized carbons (Fsp3) is 0.273. The van der Waals surface area contributed by atoms with Gasteiger partial charge in [0.15, 0.2) is 0 Å². The van der Waals surface area contributed by atoms with Gasteiger partial charge in [0.1, 0.15) is 0 Å². The fourth-order valence-electron chi connectivity index (χ4n) is 1.82. The minimum atomic E-state index is 0.601. The Hall–Kier alpha value is -1.64. The van der Waals surface area contributed by atoms with Crippen LogP contribution < -0.4 is 5.43 Å². The highest BCUT2D eigenvalue weighted by atomic mass is 16.1. The third-order valence-corrected chi connectivity index (χ3v) is 2.44. The minimum absolute atomic E-state index is 0.601. The van der Waals surface area contributed by atoms with Gasteiger partial charge in [-0.25, -0.2) is 5.43 Å². The van der Waals surface area contributed by atoms with Gasteiger partial charge >= 0.3 is 0 Å². The third kappa shape index (κ3) is 1.66. The van der Waals surface area contributed by atoms with Crippen molar-refractivity contribution in [3.05, 3.63) is 35.4 Å². The molecule has 3 heteroatoms. The predicted octanol–water partition coefficient (Wildman–Crippen LogP) is 1.47. The standard InChI is InChI=1S/C11H12N2O/c14-8-12-13-11-7-3-5-9-4-1-2-6-10(9)11/h1-2,4,6,8H,3,5,7H2,(H,12,14). The number of rotatable bonds is 2. The molecule has 0 saturated carbocycles. The Morgan fingerprint density at radius 3 is 3.00 bits per heavy atom. The van der Waals surface area contributed by atoms with Gasteiger partial charge in [0.05, 0.1) is 5.71 Å². The Bertz CT molecular complexity index is 371. The van der Waals surface area contributed by atoms with E-state index in [1.807, 2.05) is 12.1 Å². The summed E-state index contributed by atoms with van der Waals surface area (Å²) in [6, 6.07) is 8.21. The molecule has 0 saturated heterocycles. The summed E-state index contributed by atoms with van der Waals surface area (Å²) in [4.78, 5) is 10.1. The van der Waals surface area contributed by atoms with Crippen LogP contribution >= 0.6 is 0 Å². The largest absolute Gasteiger partial charge is 0.277 e. The number of nitrogens with one attached hydrogen (secondary N) is 1. The van der Waals surface area contributed by atoms with E-state index in [0.717, 1.165) is 25.0 Å². The Kier molecular flexibility index (Phi) is 2.58. The normalized spacial score (nSPS) is 17.6. The number of hydrogen-bond acceptors (Lipinski definition) is 2. The van der Waals surface area contributed by atoms with Gasteiger partial charge in [-0.2, -0.15) is 5.10 Å². The van der Waals surface area contributed by atoms with E-state index >= 15 is 0 Å². The highest BCUT2D eigenvalue weighted by molar-refractivity contribution is 6.02. The molecular weight excluding hydrogens is 176 g/mol. The molecule has 0 aliphatic heterocycles. The number of aryl methyl sites for hydroxylation is 1. The molecule has 0 radical (unpaired) electrons. The van der Waals surface area contributed by atoms with Gasteiger partial charge in [0.2, 0.25) is 6.41 Å². The topological polar surface area (TPSA) is 41.5 Å². The monoisotopic (exact) mass is 188 g/mol. The molecule has 1 aliphatic rings. The molecule has 0 atom stereocenters. The first-order chi connectivity index (χ1) is 6.92. The van der Waals surface area contributed by atoms with E-state index in [-0.39, 0.29) is 0 Å². The molecule has 0 unspecified atom stereocenters. The number of hydrogen-bond donors (Lipinski definition) is 1. The number of nitrogens with zero attached hydrogens (tertiary/aromatic N) is 1. The van der Waals surface area contributed by atoms with Crippen LogP contribution in [-0.2, 0) is 11.2 Å². The van der Waals surface area contributed by atoms with Gasteiger partial charge in [-0.1, -0.05) is 24.3 Å². The predicted molar refractivity (Wildman–Crippen MR) is 55.1 cm³/mol. The van der Waals surface area contributed by atoms with Gasteiger partial charge < -0.3 is 0 Å². The molecule has 0 bridgehead atoms. The summed E-state index contributed by atoms with van der Waals surface area (Å²) in [6.45, 7) is 0. The summed E-state index contributed by atoms with van der Waals surface area (Å²) < 4.78 is 0. The lowest BCUT2D eigenvalue weighted by atomic mass is 9.90. The van der Waals surface area contributed by atoms with Crippen LogP contribution in [0.25, 0.3) is 0 Å². The Morgan fingerprint density at radius 2 is 2.14 bits per heavy atom. The van der Waals surface area contributed by atoms with Crippen molar-refractivity contribution in [3.8, 4) is 0 Å². The van der Waals surface area contributed by atoms with E-state index in [1.165, 1.54) is 11.1 Å². The van der Waals surface area contributed by atoms with Crippen LogP contribution in [0.5, 0.6) is 0 Å². The second-order valence-corrected chi connectivity index (χ2v) is 3.32. The van der Waals surface area contributed by atoms with Gasteiger partial charge in [-0.3, -0.25) is 4.79 Å². The SMILES string of the molecule is O=CNN=C1CCCc2ccccc21. The first-order valence-electron chi connectivity index (χ1n) is 4.76. The zero-order valence-corrected chi connectivity index (χ0v) is 7.86.